The highest BCUT2D eigenvalue weighted by molar-refractivity contribution is 5.99. The molecule has 3 heterocycles. The number of nitrogens with zero attached hydrogens (tertiary/aromatic N) is 3. The van der Waals surface area contributed by atoms with Crippen molar-refractivity contribution in [2.75, 3.05) is 11.4 Å². The molecule has 9 nitrogen and oxygen atoms in total. The third-order valence-corrected chi connectivity index (χ3v) is 6.22. The van der Waals surface area contributed by atoms with Gasteiger partial charge in [-0.15, -0.1) is 0 Å². The number of anilines is 1. The van der Waals surface area contributed by atoms with E-state index in [1.165, 1.54) is 13.0 Å². The maximum absolute atomic E-state index is 14.9. The molecule has 3 aromatic rings. The molecule has 1 unspecified atom stereocenters. The third-order valence-electron chi connectivity index (χ3n) is 6.22. The Morgan fingerprint density at radius 2 is 1.77 bits per heavy atom. The lowest BCUT2D eigenvalue weighted by Gasteiger charge is -2.21. The number of carbonyl (C=O) groups excluding carboxylic acids is 3. The second kappa shape index (κ2) is 10.6. The standard InChI is InChI=1S/C25H21F6N5O4/c1-3-18(25(29,30)31)33-24(40)15-10-36(21-16(27)6-12(26)7-17(21)28)23-14(22(15)39)4-5-19(34-23)35-9-13(8-20(35)38)32-11(2)37/h4-7,10,13,18H,3,8-9H2,1-2H3,(H,32,37)(H,33,40)/t13?,18-/m0/s1. The van der Waals surface area contributed by atoms with E-state index in [2.05, 4.69) is 10.3 Å². The fourth-order valence-corrected chi connectivity index (χ4v) is 4.40. The molecule has 1 aliphatic rings. The Morgan fingerprint density at radius 3 is 2.35 bits per heavy atom. The molecule has 40 heavy (non-hydrogen) atoms. The van der Waals surface area contributed by atoms with Gasteiger partial charge in [0.15, 0.2) is 17.3 Å². The van der Waals surface area contributed by atoms with E-state index in [1.54, 1.807) is 5.32 Å². The van der Waals surface area contributed by atoms with Gasteiger partial charge in [0.25, 0.3) is 5.91 Å². The van der Waals surface area contributed by atoms with Crippen LogP contribution in [0.2, 0.25) is 0 Å². The highest BCUT2D eigenvalue weighted by atomic mass is 19.4. The van der Waals surface area contributed by atoms with Crippen LogP contribution in [-0.2, 0) is 9.59 Å². The average molecular weight is 569 g/mol. The summed E-state index contributed by atoms with van der Waals surface area (Å²) in [5, 5.41) is 3.85. The number of carbonyl (C=O) groups is 3. The Balaban J connectivity index is 1.91. The highest BCUT2D eigenvalue weighted by Crippen LogP contribution is 2.27. The van der Waals surface area contributed by atoms with Crippen molar-refractivity contribution in [1.82, 2.24) is 20.2 Å². The second-order valence-corrected chi connectivity index (χ2v) is 9.08. The number of aromatic nitrogens is 2. The van der Waals surface area contributed by atoms with Crippen molar-refractivity contribution in [3.05, 3.63) is 63.7 Å². The number of hydrogen-bond acceptors (Lipinski definition) is 5. The summed E-state index contributed by atoms with van der Waals surface area (Å²) in [4.78, 5) is 55.3. The van der Waals surface area contributed by atoms with Gasteiger partial charge in [-0.25, -0.2) is 18.2 Å². The van der Waals surface area contributed by atoms with Crippen LogP contribution in [0.5, 0.6) is 0 Å². The number of nitrogens with one attached hydrogen (secondary N) is 2. The van der Waals surface area contributed by atoms with E-state index >= 15 is 0 Å². The lowest BCUT2D eigenvalue weighted by Crippen LogP contribution is -2.46. The number of halogens is 6. The molecule has 0 aliphatic carbocycles. The second-order valence-electron chi connectivity index (χ2n) is 9.08. The number of pyridine rings is 2. The molecule has 1 aromatic carbocycles. The number of fused-ring (bicyclic) bond motifs is 1. The molecule has 2 atom stereocenters. The van der Waals surface area contributed by atoms with Crippen LogP contribution in [0.4, 0.5) is 32.2 Å². The molecule has 1 aliphatic heterocycles. The third kappa shape index (κ3) is 5.49. The van der Waals surface area contributed by atoms with Crippen LogP contribution in [0, 0.1) is 17.5 Å². The molecule has 0 radical (unpaired) electrons. The van der Waals surface area contributed by atoms with Crippen molar-refractivity contribution in [2.45, 2.75) is 44.9 Å². The van der Waals surface area contributed by atoms with Gasteiger partial charge in [-0.3, -0.25) is 28.6 Å². The maximum Gasteiger partial charge on any atom is 0.408 e. The summed E-state index contributed by atoms with van der Waals surface area (Å²) >= 11 is 0. The van der Waals surface area contributed by atoms with Crippen molar-refractivity contribution >= 4 is 34.6 Å². The average Bonchev–Trinajstić information content (AvgIpc) is 3.21. The molecule has 1 fully saturated rings. The molecule has 212 valence electrons. The van der Waals surface area contributed by atoms with Gasteiger partial charge in [0.2, 0.25) is 17.2 Å². The van der Waals surface area contributed by atoms with Gasteiger partial charge in [-0.2, -0.15) is 13.2 Å². The zero-order valence-electron chi connectivity index (χ0n) is 20.9. The Morgan fingerprint density at radius 1 is 1.12 bits per heavy atom. The molecule has 0 bridgehead atoms. The number of rotatable bonds is 6. The first-order valence-corrected chi connectivity index (χ1v) is 11.9. The van der Waals surface area contributed by atoms with E-state index in [9.17, 15) is 45.5 Å². The quantitative estimate of drug-likeness (QED) is 0.443. The van der Waals surface area contributed by atoms with Gasteiger partial charge >= 0.3 is 6.18 Å². The monoisotopic (exact) mass is 569 g/mol. The first-order valence-electron chi connectivity index (χ1n) is 11.9. The summed E-state index contributed by atoms with van der Waals surface area (Å²) in [6, 6.07) is 0.0532. The van der Waals surface area contributed by atoms with E-state index in [-0.39, 0.29) is 24.7 Å². The summed E-state index contributed by atoms with van der Waals surface area (Å²) in [6.07, 6.45) is -4.88. The number of hydrogen-bond donors (Lipinski definition) is 2. The minimum atomic E-state index is -4.84. The van der Waals surface area contributed by atoms with Crippen molar-refractivity contribution in [3.8, 4) is 5.69 Å². The van der Waals surface area contributed by atoms with Crippen molar-refractivity contribution in [2.24, 2.45) is 0 Å². The molecule has 15 heteroatoms. The summed E-state index contributed by atoms with van der Waals surface area (Å²) < 4.78 is 83.7. The molecule has 2 N–H and O–H groups in total. The molecule has 0 saturated carbocycles. The Bertz CT molecular complexity index is 1570. The van der Waals surface area contributed by atoms with Crippen LogP contribution in [0.3, 0.4) is 0 Å². The van der Waals surface area contributed by atoms with Crippen LogP contribution in [0.25, 0.3) is 16.7 Å². The Hall–Kier alpha value is -4.43. The molecular weight excluding hydrogens is 548 g/mol. The smallest absolute Gasteiger partial charge is 0.351 e. The van der Waals surface area contributed by atoms with Gasteiger partial charge in [0, 0.05) is 38.2 Å². The molecule has 2 aromatic heterocycles. The lowest BCUT2D eigenvalue weighted by molar-refractivity contribution is -0.153. The molecule has 4 rings (SSSR count). The lowest BCUT2D eigenvalue weighted by atomic mass is 10.1. The number of benzene rings is 1. The largest absolute Gasteiger partial charge is 0.408 e. The van der Waals surface area contributed by atoms with Gasteiger partial charge < -0.3 is 10.6 Å². The summed E-state index contributed by atoms with van der Waals surface area (Å²) in [7, 11) is 0. The normalized spacial score (nSPS) is 16.4. The fraction of sp³-hybridized carbons (Fsp3) is 0.320. The van der Waals surface area contributed by atoms with Crippen LogP contribution in [0.15, 0.2) is 35.3 Å². The molecule has 1 saturated heterocycles. The van der Waals surface area contributed by atoms with Crippen molar-refractivity contribution in [1.29, 1.82) is 0 Å². The number of amides is 3. The minimum Gasteiger partial charge on any atom is -0.351 e. The van der Waals surface area contributed by atoms with Crippen molar-refractivity contribution in [3.63, 3.8) is 0 Å². The van der Waals surface area contributed by atoms with Crippen LogP contribution in [-0.4, -0.2) is 52.1 Å². The zero-order chi connectivity index (χ0) is 29.5. The van der Waals surface area contributed by atoms with Gasteiger partial charge in [-0.05, 0) is 18.6 Å². The van der Waals surface area contributed by atoms with E-state index in [0.717, 1.165) is 17.9 Å². The van der Waals surface area contributed by atoms with Gasteiger partial charge in [0.1, 0.15) is 28.9 Å². The summed E-state index contributed by atoms with van der Waals surface area (Å²) in [5.41, 5.74) is -3.44. The predicted octanol–water partition coefficient (Wildman–Crippen LogP) is 3.12. The first-order chi connectivity index (χ1) is 18.7. The predicted molar refractivity (Wildman–Crippen MR) is 129 cm³/mol. The number of alkyl halides is 3. The van der Waals surface area contributed by atoms with Crippen LogP contribution in [0.1, 0.15) is 37.0 Å². The maximum atomic E-state index is 14.9. The summed E-state index contributed by atoms with van der Waals surface area (Å²) in [6.45, 7) is 2.40. The van der Waals surface area contributed by atoms with E-state index in [1.807, 2.05) is 0 Å². The molecule has 0 spiro atoms. The topological polar surface area (TPSA) is 113 Å². The summed E-state index contributed by atoms with van der Waals surface area (Å²) in [5.74, 6) is -6.61. The minimum absolute atomic E-state index is 0.0171. The van der Waals surface area contributed by atoms with Crippen LogP contribution < -0.4 is 21.0 Å². The van der Waals surface area contributed by atoms with Crippen LogP contribution >= 0.6 is 0 Å². The highest BCUT2D eigenvalue weighted by Gasteiger charge is 2.40. The fourth-order valence-electron chi connectivity index (χ4n) is 4.40. The van der Waals surface area contributed by atoms with Crippen molar-refractivity contribution < 1.29 is 40.7 Å². The first kappa shape index (κ1) is 28.6. The van der Waals surface area contributed by atoms with Gasteiger partial charge in [-0.1, -0.05) is 6.92 Å². The Kier molecular flexibility index (Phi) is 7.59. The van der Waals surface area contributed by atoms with E-state index in [4.69, 9.17) is 0 Å². The Labute approximate surface area is 221 Å². The van der Waals surface area contributed by atoms with E-state index < -0.39 is 81.7 Å². The molecule has 3 amide bonds. The SMILES string of the molecule is CC[C@H](NC(=O)c1cn(-c2c(F)cc(F)cc2F)c2nc(N3CC(NC(C)=O)CC3=O)ccc2c1=O)C(F)(F)F. The van der Waals surface area contributed by atoms with Gasteiger partial charge in [0.05, 0.1) is 11.4 Å². The van der Waals surface area contributed by atoms with E-state index in [0.29, 0.717) is 22.9 Å². The molecular formula is C25H21F6N5O4. The zero-order valence-corrected chi connectivity index (χ0v) is 20.9.